The van der Waals surface area contributed by atoms with Crippen molar-refractivity contribution in [3.8, 4) is 0 Å². The summed E-state index contributed by atoms with van der Waals surface area (Å²) in [5.74, 6) is 0.280. The normalized spacial score (nSPS) is 20.1. The number of hydrogen-bond donors (Lipinski definition) is 0. The van der Waals surface area contributed by atoms with Crippen LogP contribution in [0, 0.1) is 0 Å². The molecule has 0 N–H and O–H groups in total. The van der Waals surface area contributed by atoms with Crippen molar-refractivity contribution in [2.45, 2.75) is 24.7 Å². The highest BCUT2D eigenvalue weighted by Crippen LogP contribution is 2.40. The fourth-order valence-corrected chi connectivity index (χ4v) is 4.66. The summed E-state index contributed by atoms with van der Waals surface area (Å²) in [6.45, 7) is 5.90. The van der Waals surface area contributed by atoms with Gasteiger partial charge in [-0.3, -0.25) is 9.69 Å². The lowest BCUT2D eigenvalue weighted by atomic mass is 9.69. The quantitative estimate of drug-likeness (QED) is 0.800. The lowest BCUT2D eigenvalue weighted by Crippen LogP contribution is -2.50. The van der Waals surface area contributed by atoms with Gasteiger partial charge in [-0.15, -0.1) is 0 Å². The molecule has 0 bridgehead atoms. The number of rotatable bonds is 5. The first-order valence-electron chi connectivity index (χ1n) is 10.5. The number of ether oxygens (including phenoxy) is 1. The van der Waals surface area contributed by atoms with Gasteiger partial charge >= 0.3 is 0 Å². The van der Waals surface area contributed by atoms with Crippen molar-refractivity contribution in [3.05, 3.63) is 71.8 Å². The van der Waals surface area contributed by atoms with Crippen LogP contribution in [0.2, 0.25) is 0 Å². The van der Waals surface area contributed by atoms with Crippen LogP contribution >= 0.6 is 0 Å². The molecule has 2 aromatic carbocycles. The maximum Gasteiger partial charge on any atom is 0.223 e. The van der Waals surface area contributed by atoms with Crippen LogP contribution in [0.3, 0.4) is 0 Å². The zero-order chi connectivity index (χ0) is 19.2. The third kappa shape index (κ3) is 4.13. The summed E-state index contributed by atoms with van der Waals surface area (Å²) < 4.78 is 5.41. The summed E-state index contributed by atoms with van der Waals surface area (Å²) in [6.07, 6.45) is 2.71. The second kappa shape index (κ2) is 8.89. The van der Waals surface area contributed by atoms with Crippen molar-refractivity contribution in [2.75, 3.05) is 45.9 Å². The Hall–Kier alpha value is -2.17. The van der Waals surface area contributed by atoms with Gasteiger partial charge in [-0.1, -0.05) is 60.7 Å². The number of amides is 1. The van der Waals surface area contributed by atoms with E-state index in [9.17, 15) is 4.79 Å². The minimum Gasteiger partial charge on any atom is -0.379 e. The first-order chi connectivity index (χ1) is 13.8. The maximum absolute atomic E-state index is 13.1. The first kappa shape index (κ1) is 19.2. The number of hydrogen-bond acceptors (Lipinski definition) is 3. The Morgan fingerprint density at radius 1 is 0.893 bits per heavy atom. The molecule has 0 saturated carbocycles. The molecule has 28 heavy (non-hydrogen) atoms. The lowest BCUT2D eigenvalue weighted by Gasteiger charge is -2.44. The molecule has 0 unspecified atom stereocenters. The molecule has 2 saturated heterocycles. The molecule has 0 radical (unpaired) electrons. The average molecular weight is 379 g/mol. The van der Waals surface area contributed by atoms with Crippen molar-refractivity contribution in [1.82, 2.24) is 9.80 Å². The number of piperidine rings is 1. The smallest absolute Gasteiger partial charge is 0.223 e. The maximum atomic E-state index is 13.1. The third-order valence-electron chi connectivity index (χ3n) is 6.24. The van der Waals surface area contributed by atoms with Crippen LogP contribution in [0.4, 0.5) is 0 Å². The van der Waals surface area contributed by atoms with Gasteiger partial charge in [0.1, 0.15) is 0 Å². The van der Waals surface area contributed by atoms with E-state index in [-0.39, 0.29) is 11.3 Å². The molecule has 4 heteroatoms. The number of carbonyl (C=O) groups excluding carboxylic acids is 1. The largest absolute Gasteiger partial charge is 0.379 e. The van der Waals surface area contributed by atoms with Crippen LogP contribution in [0.1, 0.15) is 30.4 Å². The Bertz CT molecular complexity index is 717. The van der Waals surface area contributed by atoms with Crippen LogP contribution < -0.4 is 0 Å². The summed E-state index contributed by atoms with van der Waals surface area (Å²) in [5.41, 5.74) is 2.51. The minimum absolute atomic E-state index is 0.116. The van der Waals surface area contributed by atoms with E-state index in [2.05, 4.69) is 70.5 Å². The molecule has 2 fully saturated rings. The third-order valence-corrected chi connectivity index (χ3v) is 6.24. The molecular formula is C24H30N2O2. The summed E-state index contributed by atoms with van der Waals surface area (Å²) in [5, 5.41) is 0. The minimum atomic E-state index is -0.116. The van der Waals surface area contributed by atoms with E-state index in [1.165, 1.54) is 11.1 Å². The Labute approximate surface area is 168 Å². The van der Waals surface area contributed by atoms with E-state index in [0.29, 0.717) is 6.42 Å². The molecule has 148 valence electrons. The van der Waals surface area contributed by atoms with Crippen molar-refractivity contribution in [2.24, 2.45) is 0 Å². The molecule has 1 amide bonds. The number of likely N-dealkylation sites (tertiary alicyclic amines) is 1. The van der Waals surface area contributed by atoms with Crippen LogP contribution in [-0.4, -0.2) is 61.6 Å². The lowest BCUT2D eigenvalue weighted by molar-refractivity contribution is -0.133. The monoisotopic (exact) mass is 378 g/mol. The molecule has 2 aromatic rings. The number of carbonyl (C=O) groups is 1. The van der Waals surface area contributed by atoms with Gasteiger partial charge in [0, 0.05) is 44.6 Å². The highest BCUT2D eigenvalue weighted by molar-refractivity contribution is 5.77. The molecule has 0 aromatic heterocycles. The van der Waals surface area contributed by atoms with E-state index in [4.69, 9.17) is 4.74 Å². The Morgan fingerprint density at radius 3 is 2.11 bits per heavy atom. The summed E-state index contributed by atoms with van der Waals surface area (Å²) in [6, 6.07) is 21.4. The first-order valence-corrected chi connectivity index (χ1v) is 10.5. The predicted octanol–water partition coefficient (Wildman–Crippen LogP) is 3.32. The van der Waals surface area contributed by atoms with Crippen LogP contribution in [0.5, 0.6) is 0 Å². The van der Waals surface area contributed by atoms with E-state index in [1.807, 2.05) is 0 Å². The van der Waals surface area contributed by atoms with Gasteiger partial charge in [0.25, 0.3) is 0 Å². The average Bonchev–Trinajstić information content (AvgIpc) is 2.79. The van der Waals surface area contributed by atoms with Gasteiger partial charge in [0.2, 0.25) is 5.91 Å². The molecule has 4 nitrogen and oxygen atoms in total. The summed E-state index contributed by atoms with van der Waals surface area (Å²) in [4.78, 5) is 17.5. The molecule has 0 spiro atoms. The topological polar surface area (TPSA) is 32.8 Å². The standard InChI is InChI=1S/C24H30N2O2/c27-23(12-15-25-16-18-28-19-17-25)26-14-7-13-24(20-26,21-8-3-1-4-9-21)22-10-5-2-6-11-22/h1-6,8-11H,7,12-20H2. The highest BCUT2D eigenvalue weighted by atomic mass is 16.5. The molecule has 0 aliphatic carbocycles. The summed E-state index contributed by atoms with van der Waals surface area (Å²) >= 11 is 0. The van der Waals surface area contributed by atoms with Crippen LogP contribution in [0.15, 0.2) is 60.7 Å². The van der Waals surface area contributed by atoms with Gasteiger partial charge in [0.15, 0.2) is 0 Å². The van der Waals surface area contributed by atoms with Crippen LogP contribution in [0.25, 0.3) is 0 Å². The van der Waals surface area contributed by atoms with Crippen molar-refractivity contribution in [3.63, 3.8) is 0 Å². The zero-order valence-electron chi connectivity index (χ0n) is 16.6. The van der Waals surface area contributed by atoms with Crippen molar-refractivity contribution >= 4 is 5.91 Å². The van der Waals surface area contributed by atoms with Gasteiger partial charge in [-0.05, 0) is 24.0 Å². The van der Waals surface area contributed by atoms with Gasteiger partial charge in [0.05, 0.1) is 13.2 Å². The van der Waals surface area contributed by atoms with Gasteiger partial charge in [-0.2, -0.15) is 0 Å². The molecule has 2 aliphatic rings. The molecule has 2 aliphatic heterocycles. The molecule has 0 atom stereocenters. The van der Waals surface area contributed by atoms with E-state index >= 15 is 0 Å². The fraction of sp³-hybridized carbons (Fsp3) is 0.458. The fourth-order valence-electron chi connectivity index (χ4n) is 4.66. The van der Waals surface area contributed by atoms with Gasteiger partial charge < -0.3 is 9.64 Å². The van der Waals surface area contributed by atoms with Gasteiger partial charge in [-0.25, -0.2) is 0 Å². The van der Waals surface area contributed by atoms with E-state index in [1.54, 1.807) is 0 Å². The Kier molecular flexibility index (Phi) is 6.08. The number of morpholine rings is 1. The number of nitrogens with zero attached hydrogens (tertiary/aromatic N) is 2. The van der Waals surface area contributed by atoms with Crippen LogP contribution in [-0.2, 0) is 14.9 Å². The highest BCUT2D eigenvalue weighted by Gasteiger charge is 2.39. The SMILES string of the molecule is O=C(CCN1CCOCC1)N1CCCC(c2ccccc2)(c2ccccc2)C1. The molecule has 4 rings (SSSR count). The summed E-state index contributed by atoms with van der Waals surface area (Å²) in [7, 11) is 0. The molecule has 2 heterocycles. The van der Waals surface area contributed by atoms with E-state index < -0.39 is 0 Å². The number of benzene rings is 2. The van der Waals surface area contributed by atoms with Crippen molar-refractivity contribution < 1.29 is 9.53 Å². The zero-order valence-corrected chi connectivity index (χ0v) is 16.6. The molecular weight excluding hydrogens is 348 g/mol. The Morgan fingerprint density at radius 2 is 1.50 bits per heavy atom. The predicted molar refractivity (Wildman–Crippen MR) is 111 cm³/mol. The Balaban J connectivity index is 1.52. The second-order valence-electron chi connectivity index (χ2n) is 7.94. The van der Waals surface area contributed by atoms with E-state index in [0.717, 1.165) is 58.8 Å². The van der Waals surface area contributed by atoms with Crippen molar-refractivity contribution in [1.29, 1.82) is 0 Å². The second-order valence-corrected chi connectivity index (χ2v) is 7.94.